The van der Waals surface area contributed by atoms with Crippen LogP contribution < -0.4 is 10.5 Å². The number of methoxy groups -OCH3 is 1. The molecule has 82 valence electrons. The Morgan fingerprint density at radius 3 is 1.93 bits per heavy atom. The first-order valence-corrected chi connectivity index (χ1v) is 4.10. The molecule has 0 aliphatic heterocycles. The van der Waals surface area contributed by atoms with E-state index in [2.05, 4.69) is 0 Å². The molecule has 5 nitrogen and oxygen atoms in total. The van der Waals surface area contributed by atoms with E-state index in [1.807, 2.05) is 0 Å². The monoisotopic (exact) mass is 211 g/mol. The summed E-state index contributed by atoms with van der Waals surface area (Å²) in [6.07, 6.45) is 0. The second kappa shape index (κ2) is 6.42. The number of hydrogen-bond acceptors (Lipinski definition) is 3. The molecule has 5 heteroatoms. The van der Waals surface area contributed by atoms with Gasteiger partial charge in [0.2, 0.25) is 5.91 Å². The summed E-state index contributed by atoms with van der Waals surface area (Å²) in [6, 6.07) is 6.64. The van der Waals surface area contributed by atoms with Gasteiger partial charge in [-0.15, -0.1) is 0 Å². The summed E-state index contributed by atoms with van der Waals surface area (Å²) < 4.78 is 4.90. The average molecular weight is 211 g/mol. The molecular weight excluding hydrogens is 198 g/mol. The van der Waals surface area contributed by atoms with E-state index < -0.39 is 11.9 Å². The van der Waals surface area contributed by atoms with Crippen molar-refractivity contribution in [1.29, 1.82) is 0 Å². The number of carbonyl (C=O) groups excluding carboxylic acids is 1. The highest BCUT2D eigenvalue weighted by molar-refractivity contribution is 5.92. The molecule has 0 atom stereocenters. The van der Waals surface area contributed by atoms with E-state index in [1.165, 1.54) is 0 Å². The van der Waals surface area contributed by atoms with E-state index in [0.29, 0.717) is 5.56 Å². The zero-order valence-corrected chi connectivity index (χ0v) is 8.56. The van der Waals surface area contributed by atoms with E-state index in [-0.39, 0.29) is 0 Å². The van der Waals surface area contributed by atoms with Crippen LogP contribution in [-0.2, 0) is 4.79 Å². The van der Waals surface area contributed by atoms with Crippen LogP contribution in [0.3, 0.4) is 0 Å². The molecule has 0 aromatic heterocycles. The summed E-state index contributed by atoms with van der Waals surface area (Å²) in [6.45, 7) is 1.08. The molecule has 0 aliphatic rings. The Labute approximate surface area is 87.5 Å². The van der Waals surface area contributed by atoms with Crippen molar-refractivity contribution in [3.8, 4) is 5.75 Å². The van der Waals surface area contributed by atoms with Crippen molar-refractivity contribution in [3.63, 3.8) is 0 Å². The third-order valence-electron chi connectivity index (χ3n) is 1.37. The number of aliphatic carboxylic acids is 1. The molecule has 1 aromatic rings. The van der Waals surface area contributed by atoms with Gasteiger partial charge in [0.15, 0.2) is 0 Å². The maximum atomic E-state index is 10.6. The first-order valence-electron chi connectivity index (χ1n) is 4.10. The minimum atomic E-state index is -0.833. The lowest BCUT2D eigenvalue weighted by molar-refractivity contribution is -0.134. The number of hydrogen-bond donors (Lipinski definition) is 2. The van der Waals surface area contributed by atoms with Gasteiger partial charge in [0, 0.05) is 12.5 Å². The lowest BCUT2D eigenvalue weighted by atomic mass is 10.2. The molecule has 1 aromatic carbocycles. The van der Waals surface area contributed by atoms with Gasteiger partial charge in [-0.2, -0.15) is 0 Å². The Morgan fingerprint density at radius 1 is 1.27 bits per heavy atom. The molecule has 0 bridgehead atoms. The first kappa shape index (κ1) is 13.0. The molecule has 3 N–H and O–H groups in total. The molecular formula is C10H13NO4. The summed E-state index contributed by atoms with van der Waals surface area (Å²) in [5.74, 6) is -0.539. The number of primary amides is 1. The van der Waals surface area contributed by atoms with Crippen molar-refractivity contribution in [2.45, 2.75) is 6.92 Å². The van der Waals surface area contributed by atoms with E-state index in [1.54, 1.807) is 31.4 Å². The van der Waals surface area contributed by atoms with Crippen molar-refractivity contribution >= 4 is 11.9 Å². The second-order valence-corrected chi connectivity index (χ2v) is 2.61. The minimum absolute atomic E-state index is 0.423. The zero-order valence-electron chi connectivity index (χ0n) is 8.56. The Balaban J connectivity index is 0.000000423. The lowest BCUT2D eigenvalue weighted by Crippen LogP contribution is -2.10. The summed E-state index contributed by atoms with van der Waals surface area (Å²) in [5.41, 5.74) is 5.52. The van der Waals surface area contributed by atoms with Gasteiger partial charge in [0.25, 0.3) is 5.97 Å². The number of rotatable bonds is 2. The molecule has 0 fully saturated rings. The maximum Gasteiger partial charge on any atom is 0.300 e. The Kier molecular flexibility index (Phi) is 5.55. The number of amides is 1. The van der Waals surface area contributed by atoms with Crippen LogP contribution >= 0.6 is 0 Å². The van der Waals surface area contributed by atoms with E-state index >= 15 is 0 Å². The molecule has 1 rings (SSSR count). The Hall–Kier alpha value is -2.04. The third-order valence-corrected chi connectivity index (χ3v) is 1.37. The Bertz CT molecular complexity index is 328. The lowest BCUT2D eigenvalue weighted by Gasteiger charge is -1.98. The van der Waals surface area contributed by atoms with Gasteiger partial charge in [0.1, 0.15) is 5.75 Å². The predicted molar refractivity (Wildman–Crippen MR) is 54.8 cm³/mol. The van der Waals surface area contributed by atoms with Crippen molar-refractivity contribution in [1.82, 2.24) is 0 Å². The fourth-order valence-electron chi connectivity index (χ4n) is 0.755. The number of ether oxygens (including phenoxy) is 1. The van der Waals surface area contributed by atoms with Crippen LogP contribution in [0.5, 0.6) is 5.75 Å². The topological polar surface area (TPSA) is 89.6 Å². The molecule has 0 saturated carbocycles. The van der Waals surface area contributed by atoms with Crippen LogP contribution in [0, 0.1) is 0 Å². The summed E-state index contributed by atoms with van der Waals surface area (Å²) >= 11 is 0. The second-order valence-electron chi connectivity index (χ2n) is 2.61. The van der Waals surface area contributed by atoms with Crippen molar-refractivity contribution in [3.05, 3.63) is 29.8 Å². The van der Waals surface area contributed by atoms with Crippen molar-refractivity contribution in [2.75, 3.05) is 7.11 Å². The average Bonchev–Trinajstić information content (AvgIpc) is 2.17. The molecule has 0 saturated heterocycles. The molecule has 0 radical (unpaired) electrons. The zero-order chi connectivity index (χ0) is 11.8. The van der Waals surface area contributed by atoms with Crippen LogP contribution in [0.25, 0.3) is 0 Å². The number of benzene rings is 1. The van der Waals surface area contributed by atoms with Gasteiger partial charge in [0.05, 0.1) is 7.11 Å². The largest absolute Gasteiger partial charge is 0.497 e. The Morgan fingerprint density at radius 2 is 1.67 bits per heavy atom. The fraction of sp³-hybridized carbons (Fsp3) is 0.200. The number of carbonyl (C=O) groups is 2. The minimum Gasteiger partial charge on any atom is -0.497 e. The SMILES string of the molecule is CC(=O)O.COc1ccc(C(N)=O)cc1. The number of carboxylic acids is 1. The van der Waals surface area contributed by atoms with Crippen molar-refractivity contribution in [2.24, 2.45) is 5.73 Å². The predicted octanol–water partition coefficient (Wildman–Crippen LogP) is 0.885. The number of nitrogens with two attached hydrogens (primary N) is 1. The summed E-state index contributed by atoms with van der Waals surface area (Å²) in [7, 11) is 1.57. The van der Waals surface area contributed by atoms with Gasteiger partial charge in [-0.1, -0.05) is 0 Å². The van der Waals surface area contributed by atoms with Gasteiger partial charge in [-0.05, 0) is 24.3 Å². The fourth-order valence-corrected chi connectivity index (χ4v) is 0.755. The molecule has 0 aliphatic carbocycles. The molecule has 0 unspecified atom stereocenters. The normalized spacial score (nSPS) is 8.40. The van der Waals surface area contributed by atoms with Gasteiger partial charge < -0.3 is 15.6 Å². The van der Waals surface area contributed by atoms with Crippen LogP contribution in [0.4, 0.5) is 0 Å². The van der Waals surface area contributed by atoms with Crippen LogP contribution in [0.2, 0.25) is 0 Å². The molecule has 0 heterocycles. The van der Waals surface area contributed by atoms with Crippen LogP contribution in [-0.4, -0.2) is 24.1 Å². The molecule has 15 heavy (non-hydrogen) atoms. The first-order chi connectivity index (χ1) is 6.97. The number of carboxylic acid groups (broad SMARTS) is 1. The van der Waals surface area contributed by atoms with Gasteiger partial charge >= 0.3 is 0 Å². The highest BCUT2D eigenvalue weighted by atomic mass is 16.5. The smallest absolute Gasteiger partial charge is 0.300 e. The van der Waals surface area contributed by atoms with Crippen LogP contribution in [0.15, 0.2) is 24.3 Å². The molecule has 1 amide bonds. The van der Waals surface area contributed by atoms with E-state index in [9.17, 15) is 4.79 Å². The highest BCUT2D eigenvalue weighted by Gasteiger charge is 1.98. The van der Waals surface area contributed by atoms with Crippen molar-refractivity contribution < 1.29 is 19.4 Å². The maximum absolute atomic E-state index is 10.6. The highest BCUT2D eigenvalue weighted by Crippen LogP contribution is 2.10. The summed E-state index contributed by atoms with van der Waals surface area (Å²) in [5, 5.41) is 7.42. The van der Waals surface area contributed by atoms with Gasteiger partial charge in [-0.3, -0.25) is 9.59 Å². The third kappa shape index (κ3) is 6.09. The summed E-state index contributed by atoms with van der Waals surface area (Å²) in [4.78, 5) is 19.6. The van der Waals surface area contributed by atoms with E-state index in [0.717, 1.165) is 12.7 Å². The van der Waals surface area contributed by atoms with E-state index in [4.69, 9.17) is 20.4 Å². The van der Waals surface area contributed by atoms with Gasteiger partial charge in [-0.25, -0.2) is 0 Å². The quantitative estimate of drug-likeness (QED) is 0.760. The molecule has 0 spiro atoms. The van der Waals surface area contributed by atoms with Crippen LogP contribution in [0.1, 0.15) is 17.3 Å². The standard InChI is InChI=1S/C8H9NO2.C2H4O2/c1-11-7-4-2-6(3-5-7)8(9)10;1-2(3)4/h2-5H,1H3,(H2,9,10);1H3,(H,3,4).